The summed E-state index contributed by atoms with van der Waals surface area (Å²) in [5.74, 6) is -4.81. The van der Waals surface area contributed by atoms with Gasteiger partial charge in [0.1, 0.15) is 12.1 Å². The second-order valence-corrected chi connectivity index (χ2v) is 8.23. The van der Waals surface area contributed by atoms with Gasteiger partial charge in [-0.05, 0) is 18.3 Å². The predicted molar refractivity (Wildman–Crippen MR) is 108 cm³/mol. The lowest BCUT2D eigenvalue weighted by Gasteiger charge is -2.29. The van der Waals surface area contributed by atoms with E-state index in [2.05, 4.69) is 16.0 Å². The Labute approximate surface area is 176 Å². The van der Waals surface area contributed by atoms with Gasteiger partial charge in [0.2, 0.25) is 18.2 Å². The minimum absolute atomic E-state index is 0.00994. The average Bonchev–Trinajstić information content (AvgIpc) is 2.62. The molecule has 0 bridgehead atoms. The first-order chi connectivity index (χ1) is 13.8. The molecule has 4 N–H and O–H groups in total. The molecule has 0 fully saturated rings. The lowest BCUT2D eigenvalue weighted by molar-refractivity contribution is -0.151. The smallest absolute Gasteiger partial charge is 0.374 e. The molecule has 0 aromatic rings. The summed E-state index contributed by atoms with van der Waals surface area (Å²) in [6.07, 6.45) is -3.21. The summed E-state index contributed by atoms with van der Waals surface area (Å²) < 4.78 is 25.5. The molecule has 174 valence electrons. The fourth-order valence-corrected chi connectivity index (χ4v) is 2.89. The normalized spacial score (nSPS) is 15.6. The number of carbonyl (C=O) groups excluding carboxylic acids is 3. The van der Waals surface area contributed by atoms with E-state index in [0.717, 1.165) is 0 Å². The molecule has 10 heteroatoms. The minimum Gasteiger partial charge on any atom is -0.475 e. The number of hydrogen-bond acceptors (Lipinski definition) is 5. The largest absolute Gasteiger partial charge is 0.475 e. The number of alkyl halides is 2. The average molecular weight is 436 g/mol. The zero-order valence-electron chi connectivity index (χ0n) is 18.5. The number of carboxylic acid groups (broad SMARTS) is 1. The number of Topliss-reactive ketones (excluding diaryl/α,β-unsaturated/α-hetero) is 1. The maximum absolute atomic E-state index is 12.8. The van der Waals surface area contributed by atoms with Crippen molar-refractivity contribution >= 4 is 23.6 Å². The quantitative estimate of drug-likeness (QED) is 0.308. The molecule has 0 radical (unpaired) electrons. The van der Waals surface area contributed by atoms with Crippen LogP contribution in [0.5, 0.6) is 0 Å². The third kappa shape index (κ3) is 10.1. The lowest BCUT2D eigenvalue weighted by atomic mass is 9.96. The van der Waals surface area contributed by atoms with Crippen molar-refractivity contribution in [2.75, 3.05) is 0 Å². The molecular weight excluding hydrogens is 400 g/mol. The summed E-state index contributed by atoms with van der Waals surface area (Å²) in [4.78, 5) is 48.1. The van der Waals surface area contributed by atoms with Crippen molar-refractivity contribution in [1.82, 2.24) is 16.0 Å². The fourth-order valence-electron chi connectivity index (χ4n) is 2.89. The van der Waals surface area contributed by atoms with Gasteiger partial charge in [0, 0.05) is 12.5 Å². The van der Waals surface area contributed by atoms with Crippen LogP contribution in [-0.4, -0.2) is 59.3 Å². The first-order valence-electron chi connectivity index (χ1n) is 10.2. The maximum atomic E-state index is 12.8. The SMILES string of the molecule is CC[C@@H](C)[C@H](NC(C)C)C(=O)N[C@@H](CC(C)C)C(=O)NC(CC(F)F)C(=O)C(=O)O. The molecule has 0 saturated heterocycles. The van der Waals surface area contributed by atoms with E-state index in [4.69, 9.17) is 5.11 Å². The van der Waals surface area contributed by atoms with Crippen LogP contribution in [0.15, 0.2) is 0 Å². The highest BCUT2D eigenvalue weighted by atomic mass is 19.3. The van der Waals surface area contributed by atoms with E-state index in [1.54, 1.807) is 0 Å². The third-order valence-electron chi connectivity index (χ3n) is 4.61. The molecule has 1 unspecified atom stereocenters. The summed E-state index contributed by atoms with van der Waals surface area (Å²) in [5, 5.41) is 16.7. The highest BCUT2D eigenvalue weighted by Crippen LogP contribution is 2.12. The van der Waals surface area contributed by atoms with Crippen molar-refractivity contribution in [3.63, 3.8) is 0 Å². The number of hydrogen-bond donors (Lipinski definition) is 4. The number of carboxylic acids is 1. The Bertz CT molecular complexity index is 599. The highest BCUT2D eigenvalue weighted by molar-refractivity contribution is 6.35. The molecule has 0 aliphatic heterocycles. The zero-order chi connectivity index (χ0) is 23.6. The van der Waals surface area contributed by atoms with E-state index in [0.29, 0.717) is 6.42 Å². The zero-order valence-corrected chi connectivity index (χ0v) is 18.5. The summed E-state index contributed by atoms with van der Waals surface area (Å²) >= 11 is 0. The van der Waals surface area contributed by atoms with E-state index in [-0.39, 0.29) is 24.3 Å². The van der Waals surface area contributed by atoms with E-state index in [1.165, 1.54) is 0 Å². The molecule has 0 rings (SSSR count). The van der Waals surface area contributed by atoms with Crippen LogP contribution in [-0.2, 0) is 19.2 Å². The molecule has 0 aromatic heterocycles. The monoisotopic (exact) mass is 435 g/mol. The van der Waals surface area contributed by atoms with E-state index in [9.17, 15) is 28.0 Å². The highest BCUT2D eigenvalue weighted by Gasteiger charge is 2.34. The van der Waals surface area contributed by atoms with Gasteiger partial charge < -0.3 is 21.1 Å². The van der Waals surface area contributed by atoms with Gasteiger partial charge in [-0.2, -0.15) is 0 Å². The van der Waals surface area contributed by atoms with Crippen LogP contribution in [0.1, 0.15) is 60.8 Å². The third-order valence-corrected chi connectivity index (χ3v) is 4.61. The van der Waals surface area contributed by atoms with Crippen LogP contribution >= 0.6 is 0 Å². The number of ketones is 1. The van der Waals surface area contributed by atoms with Crippen molar-refractivity contribution in [3.05, 3.63) is 0 Å². The van der Waals surface area contributed by atoms with Gasteiger partial charge in [0.25, 0.3) is 5.78 Å². The number of amides is 2. The molecule has 8 nitrogen and oxygen atoms in total. The summed E-state index contributed by atoms with van der Waals surface area (Å²) in [7, 11) is 0. The van der Waals surface area contributed by atoms with Crippen molar-refractivity contribution in [1.29, 1.82) is 0 Å². The number of nitrogens with one attached hydrogen (secondary N) is 3. The van der Waals surface area contributed by atoms with Crippen LogP contribution < -0.4 is 16.0 Å². The molecule has 0 heterocycles. The van der Waals surface area contributed by atoms with Crippen LogP contribution in [0.3, 0.4) is 0 Å². The minimum atomic E-state index is -2.98. The number of halogens is 2. The van der Waals surface area contributed by atoms with Crippen LogP contribution in [0, 0.1) is 11.8 Å². The molecule has 2 amide bonds. The Hall–Kier alpha value is -2.10. The van der Waals surface area contributed by atoms with E-state index >= 15 is 0 Å². The van der Waals surface area contributed by atoms with Gasteiger partial charge in [-0.1, -0.05) is 48.0 Å². The van der Waals surface area contributed by atoms with Gasteiger partial charge in [0.15, 0.2) is 0 Å². The topological polar surface area (TPSA) is 125 Å². The fraction of sp³-hybridized carbons (Fsp3) is 0.800. The van der Waals surface area contributed by atoms with Gasteiger partial charge in [-0.3, -0.25) is 14.4 Å². The Morgan fingerprint density at radius 3 is 1.80 bits per heavy atom. The second-order valence-electron chi connectivity index (χ2n) is 8.23. The first kappa shape index (κ1) is 27.9. The van der Waals surface area contributed by atoms with E-state index < -0.39 is 54.5 Å². The second kappa shape index (κ2) is 13.3. The van der Waals surface area contributed by atoms with Crippen molar-refractivity contribution < 1.29 is 33.1 Å². The summed E-state index contributed by atoms with van der Waals surface area (Å²) in [6.45, 7) is 11.2. The van der Waals surface area contributed by atoms with Crippen LogP contribution in [0.2, 0.25) is 0 Å². The van der Waals surface area contributed by atoms with Gasteiger partial charge >= 0.3 is 5.97 Å². The molecule has 0 spiro atoms. The van der Waals surface area contributed by atoms with Crippen molar-refractivity contribution in [2.45, 2.75) is 91.4 Å². The van der Waals surface area contributed by atoms with Crippen LogP contribution in [0.25, 0.3) is 0 Å². The van der Waals surface area contributed by atoms with Gasteiger partial charge in [-0.15, -0.1) is 0 Å². The van der Waals surface area contributed by atoms with Gasteiger partial charge in [0.05, 0.1) is 6.04 Å². The molecule has 30 heavy (non-hydrogen) atoms. The Kier molecular flexibility index (Phi) is 12.3. The summed E-state index contributed by atoms with van der Waals surface area (Å²) in [6, 6.07) is -3.54. The van der Waals surface area contributed by atoms with Crippen molar-refractivity contribution in [3.8, 4) is 0 Å². The predicted octanol–water partition coefficient (Wildman–Crippen LogP) is 1.72. The standard InChI is InChI=1S/C20H35F2N3O5/c1-7-12(6)16(23-11(4)5)19(28)25-14(8-10(2)3)18(27)24-13(9-15(21)22)17(26)20(29)30/h10-16,23H,7-9H2,1-6H3,(H,24,27)(H,25,28)(H,29,30)/t12-,13?,14+,16+/m1/s1. The van der Waals surface area contributed by atoms with E-state index in [1.807, 2.05) is 41.5 Å². The van der Waals surface area contributed by atoms with Crippen molar-refractivity contribution in [2.24, 2.45) is 11.8 Å². The van der Waals surface area contributed by atoms with Gasteiger partial charge in [-0.25, -0.2) is 13.6 Å². The number of rotatable bonds is 14. The molecule has 4 atom stereocenters. The number of aliphatic carboxylic acids is 1. The molecule has 0 saturated carbocycles. The first-order valence-corrected chi connectivity index (χ1v) is 10.2. The maximum Gasteiger partial charge on any atom is 0.374 e. The number of carbonyl (C=O) groups is 4. The van der Waals surface area contributed by atoms with Crippen LogP contribution in [0.4, 0.5) is 8.78 Å². The molecule has 0 aliphatic carbocycles. The lowest BCUT2D eigenvalue weighted by Crippen LogP contribution is -2.58. The molecular formula is C20H35F2N3O5. The molecule has 0 aliphatic rings. The Morgan fingerprint density at radius 2 is 1.40 bits per heavy atom. The summed E-state index contributed by atoms with van der Waals surface area (Å²) in [5.41, 5.74) is 0. The Balaban J connectivity index is 5.53. The Morgan fingerprint density at radius 1 is 0.867 bits per heavy atom. The molecule has 0 aromatic carbocycles.